The third kappa shape index (κ3) is 3.30. The van der Waals surface area contributed by atoms with E-state index in [2.05, 4.69) is 10.6 Å². The molecule has 1 aromatic rings. The standard InChI is InChI=1S/C17H22FN3O2/c1-11(2)19-16(23)21-7-6-17(10-21)9-14(17)15(22)20-13-5-3-4-12(18)8-13/h3-5,8,11,14H,6-7,9-10H2,1-2H3,(H,19,23)(H,20,22)/t14-,17+/m1/s1. The zero-order chi connectivity index (χ0) is 16.6. The molecule has 0 unspecified atom stereocenters. The summed E-state index contributed by atoms with van der Waals surface area (Å²) in [5.74, 6) is -0.546. The minimum atomic E-state index is -0.370. The van der Waals surface area contributed by atoms with E-state index in [1.165, 1.54) is 12.1 Å². The summed E-state index contributed by atoms with van der Waals surface area (Å²) in [6.45, 7) is 5.15. The Hall–Kier alpha value is -2.11. The molecule has 0 radical (unpaired) electrons. The number of nitrogens with zero attached hydrogens (tertiary/aromatic N) is 1. The molecule has 3 amide bonds. The van der Waals surface area contributed by atoms with Gasteiger partial charge in [-0.15, -0.1) is 0 Å². The minimum absolute atomic E-state index is 0.0620. The SMILES string of the molecule is CC(C)NC(=O)N1CC[C@]2(C[C@@H]2C(=O)Nc2cccc(F)c2)C1. The van der Waals surface area contributed by atoms with E-state index in [4.69, 9.17) is 0 Å². The highest BCUT2D eigenvalue weighted by molar-refractivity contribution is 5.95. The normalized spacial score (nSPS) is 25.7. The van der Waals surface area contributed by atoms with Crippen molar-refractivity contribution in [2.24, 2.45) is 11.3 Å². The van der Waals surface area contributed by atoms with Gasteiger partial charge < -0.3 is 15.5 Å². The van der Waals surface area contributed by atoms with Gasteiger partial charge in [-0.3, -0.25) is 4.79 Å². The largest absolute Gasteiger partial charge is 0.336 e. The first kappa shape index (κ1) is 15.8. The number of halogens is 1. The molecule has 1 aliphatic heterocycles. The van der Waals surface area contributed by atoms with Gasteiger partial charge in [0.15, 0.2) is 0 Å². The fourth-order valence-electron chi connectivity index (χ4n) is 3.37. The number of urea groups is 1. The van der Waals surface area contributed by atoms with Gasteiger partial charge in [-0.25, -0.2) is 9.18 Å². The number of hydrogen-bond acceptors (Lipinski definition) is 2. The van der Waals surface area contributed by atoms with Crippen molar-refractivity contribution in [3.8, 4) is 0 Å². The van der Waals surface area contributed by atoms with Crippen LogP contribution in [0.15, 0.2) is 24.3 Å². The highest BCUT2D eigenvalue weighted by atomic mass is 19.1. The van der Waals surface area contributed by atoms with Crippen LogP contribution in [0.2, 0.25) is 0 Å². The van der Waals surface area contributed by atoms with Gasteiger partial charge in [0.25, 0.3) is 0 Å². The summed E-state index contributed by atoms with van der Waals surface area (Å²) in [6, 6.07) is 5.94. The van der Waals surface area contributed by atoms with Crippen LogP contribution in [0.3, 0.4) is 0 Å². The van der Waals surface area contributed by atoms with Crippen molar-refractivity contribution < 1.29 is 14.0 Å². The topological polar surface area (TPSA) is 61.4 Å². The number of likely N-dealkylation sites (tertiary alicyclic amines) is 1. The molecule has 2 aliphatic rings. The van der Waals surface area contributed by atoms with Gasteiger partial charge in [0, 0.05) is 36.2 Å². The monoisotopic (exact) mass is 319 g/mol. The van der Waals surface area contributed by atoms with Crippen molar-refractivity contribution in [1.82, 2.24) is 10.2 Å². The van der Waals surface area contributed by atoms with E-state index in [9.17, 15) is 14.0 Å². The number of amides is 3. The van der Waals surface area contributed by atoms with Gasteiger partial charge in [0.05, 0.1) is 0 Å². The molecule has 23 heavy (non-hydrogen) atoms. The Balaban J connectivity index is 1.56. The molecule has 5 nitrogen and oxygen atoms in total. The van der Waals surface area contributed by atoms with Crippen LogP contribution < -0.4 is 10.6 Å². The average Bonchev–Trinajstić information content (AvgIpc) is 2.98. The first-order valence-electron chi connectivity index (χ1n) is 8.01. The third-order valence-corrected chi connectivity index (χ3v) is 4.68. The van der Waals surface area contributed by atoms with Crippen LogP contribution in [0.1, 0.15) is 26.7 Å². The molecule has 2 N–H and O–H groups in total. The molecule has 3 rings (SSSR count). The summed E-state index contributed by atoms with van der Waals surface area (Å²) < 4.78 is 13.2. The lowest BCUT2D eigenvalue weighted by molar-refractivity contribution is -0.118. The lowest BCUT2D eigenvalue weighted by atomic mass is 10.0. The van der Waals surface area contributed by atoms with Gasteiger partial charge in [-0.2, -0.15) is 0 Å². The Morgan fingerprint density at radius 1 is 1.39 bits per heavy atom. The van der Waals surface area contributed by atoms with Crippen molar-refractivity contribution in [2.75, 3.05) is 18.4 Å². The number of carbonyl (C=O) groups is 2. The molecular weight excluding hydrogens is 297 g/mol. The Morgan fingerprint density at radius 3 is 2.87 bits per heavy atom. The number of benzene rings is 1. The molecule has 1 saturated heterocycles. The second kappa shape index (κ2) is 5.83. The summed E-state index contributed by atoms with van der Waals surface area (Å²) in [5, 5.41) is 5.66. The van der Waals surface area contributed by atoms with E-state index in [1.807, 2.05) is 13.8 Å². The quantitative estimate of drug-likeness (QED) is 0.899. The Morgan fingerprint density at radius 2 is 2.17 bits per heavy atom. The summed E-state index contributed by atoms with van der Waals surface area (Å²) in [4.78, 5) is 26.2. The minimum Gasteiger partial charge on any atom is -0.336 e. The van der Waals surface area contributed by atoms with E-state index in [1.54, 1.807) is 17.0 Å². The van der Waals surface area contributed by atoms with Gasteiger partial charge >= 0.3 is 6.03 Å². The predicted octanol–water partition coefficient (Wildman–Crippen LogP) is 2.59. The van der Waals surface area contributed by atoms with E-state index >= 15 is 0 Å². The number of nitrogens with one attached hydrogen (secondary N) is 2. The molecular formula is C17H22FN3O2. The van der Waals surface area contributed by atoms with Crippen molar-refractivity contribution in [3.63, 3.8) is 0 Å². The first-order valence-corrected chi connectivity index (χ1v) is 8.01. The maximum Gasteiger partial charge on any atom is 0.317 e. The van der Waals surface area contributed by atoms with Crippen LogP contribution >= 0.6 is 0 Å². The predicted molar refractivity (Wildman–Crippen MR) is 85.4 cm³/mol. The van der Waals surface area contributed by atoms with Crippen LogP contribution in [0.25, 0.3) is 0 Å². The highest BCUT2D eigenvalue weighted by Crippen LogP contribution is 2.58. The molecule has 1 saturated carbocycles. The van der Waals surface area contributed by atoms with Gasteiger partial charge in [-0.1, -0.05) is 6.07 Å². The maximum atomic E-state index is 13.2. The van der Waals surface area contributed by atoms with Crippen LogP contribution in [0.4, 0.5) is 14.9 Å². The van der Waals surface area contributed by atoms with E-state index < -0.39 is 0 Å². The summed E-state index contributed by atoms with van der Waals surface area (Å²) in [6.07, 6.45) is 1.64. The van der Waals surface area contributed by atoms with E-state index in [0.29, 0.717) is 18.8 Å². The zero-order valence-corrected chi connectivity index (χ0v) is 13.4. The number of carbonyl (C=O) groups excluding carboxylic acids is 2. The Kier molecular flexibility index (Phi) is 4.00. The van der Waals surface area contributed by atoms with Crippen molar-refractivity contribution in [1.29, 1.82) is 0 Å². The lowest BCUT2D eigenvalue weighted by Gasteiger charge is -2.19. The molecule has 1 spiro atoms. The van der Waals surface area contributed by atoms with Gasteiger partial charge in [-0.05, 0) is 44.9 Å². The maximum absolute atomic E-state index is 13.2. The highest BCUT2D eigenvalue weighted by Gasteiger charge is 2.61. The molecule has 1 aliphatic carbocycles. The fraction of sp³-hybridized carbons (Fsp3) is 0.529. The number of rotatable bonds is 3. The van der Waals surface area contributed by atoms with Crippen LogP contribution in [0.5, 0.6) is 0 Å². The van der Waals surface area contributed by atoms with E-state index in [-0.39, 0.29) is 35.1 Å². The summed E-state index contributed by atoms with van der Waals surface area (Å²) >= 11 is 0. The average molecular weight is 319 g/mol. The first-order chi connectivity index (χ1) is 10.9. The third-order valence-electron chi connectivity index (χ3n) is 4.68. The lowest BCUT2D eigenvalue weighted by Crippen LogP contribution is -2.42. The van der Waals surface area contributed by atoms with E-state index in [0.717, 1.165) is 12.8 Å². The summed E-state index contributed by atoms with van der Waals surface area (Å²) in [5.41, 5.74) is 0.385. The van der Waals surface area contributed by atoms with Crippen LogP contribution in [-0.2, 0) is 4.79 Å². The van der Waals surface area contributed by atoms with Crippen molar-refractivity contribution in [2.45, 2.75) is 32.7 Å². The second-order valence-electron chi connectivity index (χ2n) is 6.89. The molecule has 6 heteroatoms. The van der Waals surface area contributed by atoms with Gasteiger partial charge in [0.1, 0.15) is 5.82 Å². The number of anilines is 1. The van der Waals surface area contributed by atoms with Crippen LogP contribution in [0, 0.1) is 17.2 Å². The Bertz CT molecular complexity index is 634. The second-order valence-corrected chi connectivity index (χ2v) is 6.89. The molecule has 0 aromatic heterocycles. The summed E-state index contributed by atoms with van der Waals surface area (Å²) in [7, 11) is 0. The molecule has 0 bridgehead atoms. The van der Waals surface area contributed by atoms with Crippen molar-refractivity contribution in [3.05, 3.63) is 30.1 Å². The smallest absolute Gasteiger partial charge is 0.317 e. The molecule has 2 atom stereocenters. The Labute approximate surface area is 135 Å². The van der Waals surface area contributed by atoms with Crippen molar-refractivity contribution >= 4 is 17.6 Å². The number of hydrogen-bond donors (Lipinski definition) is 2. The molecule has 2 fully saturated rings. The molecule has 1 heterocycles. The zero-order valence-electron chi connectivity index (χ0n) is 13.4. The fourth-order valence-corrected chi connectivity index (χ4v) is 3.37. The van der Waals surface area contributed by atoms with Gasteiger partial charge in [0.2, 0.25) is 5.91 Å². The molecule has 124 valence electrons. The molecule has 1 aromatic carbocycles. The van der Waals surface area contributed by atoms with Crippen LogP contribution in [-0.4, -0.2) is 36.0 Å².